The number of nitrogens with two attached hydrogens (primary N) is 1. The number of hydrogen-bond donors (Lipinski definition) is 4. The van der Waals surface area contributed by atoms with E-state index < -0.39 is 36.0 Å². The molecule has 9 heteroatoms. The van der Waals surface area contributed by atoms with Crippen LogP contribution in [0.15, 0.2) is 60.7 Å². The number of rotatable bonds is 11. The van der Waals surface area contributed by atoms with Crippen LogP contribution in [0.4, 0.5) is 4.79 Å². The van der Waals surface area contributed by atoms with Crippen LogP contribution in [0.1, 0.15) is 24.0 Å². The molecule has 0 aliphatic carbocycles. The number of carboxylic acids is 1. The molecule has 9 nitrogen and oxygen atoms in total. The lowest BCUT2D eigenvalue weighted by Gasteiger charge is -2.21. The molecule has 0 heterocycles. The minimum atomic E-state index is -1.32. The normalized spacial score (nSPS) is 12.3. The minimum Gasteiger partial charge on any atom is -0.480 e. The maximum absolute atomic E-state index is 12.8. The third-order valence-electron chi connectivity index (χ3n) is 4.40. The molecule has 0 bridgehead atoms. The number of benzene rings is 2. The largest absolute Gasteiger partial charge is 0.480 e. The van der Waals surface area contributed by atoms with E-state index in [0.29, 0.717) is 0 Å². The number of carboxylic acid groups (broad SMARTS) is 1. The van der Waals surface area contributed by atoms with Crippen LogP contribution >= 0.6 is 0 Å². The van der Waals surface area contributed by atoms with E-state index in [-0.39, 0.29) is 25.9 Å². The zero-order valence-electron chi connectivity index (χ0n) is 16.8. The van der Waals surface area contributed by atoms with Crippen LogP contribution in [0.2, 0.25) is 0 Å². The third kappa shape index (κ3) is 8.57. The van der Waals surface area contributed by atoms with Gasteiger partial charge in [-0.2, -0.15) is 0 Å². The highest BCUT2D eigenvalue weighted by atomic mass is 16.5. The molecule has 2 rings (SSSR count). The summed E-state index contributed by atoms with van der Waals surface area (Å²) in [5.41, 5.74) is 6.60. The maximum Gasteiger partial charge on any atom is 0.408 e. The molecule has 0 saturated heterocycles. The first-order valence-electron chi connectivity index (χ1n) is 9.67. The molecule has 0 saturated carbocycles. The standard InChI is InChI=1S/C22H25N3O6/c23-19(26)12-11-17(21(28)29)24-20(27)18(13-15-7-3-1-4-8-15)25-22(30)31-14-16-9-5-2-6-10-16/h1-10,17-18H,11-14H2,(H2,23,26)(H,24,27)(H,25,30)(H,28,29)/t17-,18-/m0/s1. The lowest BCUT2D eigenvalue weighted by molar-refractivity contribution is -0.142. The van der Waals surface area contributed by atoms with Crippen molar-refractivity contribution in [1.29, 1.82) is 0 Å². The van der Waals surface area contributed by atoms with Crippen LogP contribution in [-0.2, 0) is 32.1 Å². The molecule has 0 unspecified atom stereocenters. The van der Waals surface area contributed by atoms with Crippen molar-refractivity contribution in [2.45, 2.75) is 38.0 Å². The summed E-state index contributed by atoms with van der Waals surface area (Å²) in [5.74, 6) is -2.69. The first-order valence-corrected chi connectivity index (χ1v) is 9.67. The van der Waals surface area contributed by atoms with Crippen LogP contribution in [0.3, 0.4) is 0 Å². The van der Waals surface area contributed by atoms with E-state index in [1.165, 1.54) is 0 Å². The third-order valence-corrected chi connectivity index (χ3v) is 4.40. The Kier molecular flexibility index (Phi) is 9.03. The SMILES string of the molecule is NC(=O)CC[C@H](NC(=O)[C@H](Cc1ccccc1)NC(=O)OCc1ccccc1)C(=O)O. The molecule has 3 amide bonds. The van der Waals surface area contributed by atoms with Gasteiger partial charge in [-0.3, -0.25) is 9.59 Å². The summed E-state index contributed by atoms with van der Waals surface area (Å²) in [6.07, 6.45) is -1.06. The van der Waals surface area contributed by atoms with Gasteiger partial charge in [0.15, 0.2) is 0 Å². The number of amides is 3. The Morgan fingerprint density at radius 3 is 2.00 bits per heavy atom. The summed E-state index contributed by atoms with van der Waals surface area (Å²) < 4.78 is 5.17. The van der Waals surface area contributed by atoms with E-state index in [4.69, 9.17) is 10.5 Å². The van der Waals surface area contributed by atoms with Crippen LogP contribution in [0.25, 0.3) is 0 Å². The Morgan fingerprint density at radius 1 is 0.871 bits per heavy atom. The number of hydrogen-bond acceptors (Lipinski definition) is 5. The summed E-state index contributed by atoms with van der Waals surface area (Å²) >= 11 is 0. The number of alkyl carbamates (subject to hydrolysis) is 1. The molecular formula is C22H25N3O6. The lowest BCUT2D eigenvalue weighted by atomic mass is 10.0. The minimum absolute atomic E-state index is 0.0166. The van der Waals surface area contributed by atoms with Crippen molar-refractivity contribution in [3.63, 3.8) is 0 Å². The predicted molar refractivity (Wildman–Crippen MR) is 112 cm³/mol. The predicted octanol–water partition coefficient (Wildman–Crippen LogP) is 1.36. The first-order chi connectivity index (χ1) is 14.8. The molecule has 0 aromatic heterocycles. The van der Waals surface area contributed by atoms with Gasteiger partial charge in [0.05, 0.1) is 0 Å². The van der Waals surface area contributed by atoms with Crippen molar-refractivity contribution >= 4 is 23.9 Å². The molecule has 2 aromatic rings. The molecule has 2 atom stereocenters. The number of primary amides is 1. The smallest absolute Gasteiger partial charge is 0.408 e. The van der Waals surface area contributed by atoms with Gasteiger partial charge in [-0.05, 0) is 17.5 Å². The summed E-state index contributed by atoms with van der Waals surface area (Å²) in [6.45, 7) is 0.0166. The number of carbonyl (C=O) groups excluding carboxylic acids is 3. The van der Waals surface area contributed by atoms with E-state index >= 15 is 0 Å². The van der Waals surface area contributed by atoms with Crippen molar-refractivity contribution < 1.29 is 29.0 Å². The molecule has 0 radical (unpaired) electrons. The topological polar surface area (TPSA) is 148 Å². The first kappa shape index (κ1) is 23.4. The van der Waals surface area contributed by atoms with Crippen LogP contribution in [0.5, 0.6) is 0 Å². The lowest BCUT2D eigenvalue weighted by Crippen LogP contribution is -2.52. The van der Waals surface area contributed by atoms with Gasteiger partial charge >= 0.3 is 12.1 Å². The summed E-state index contributed by atoms with van der Waals surface area (Å²) in [4.78, 5) is 47.4. The van der Waals surface area contributed by atoms with Crippen molar-refractivity contribution in [2.75, 3.05) is 0 Å². The van der Waals surface area contributed by atoms with Gasteiger partial charge in [0.1, 0.15) is 18.7 Å². The van der Waals surface area contributed by atoms with E-state index in [9.17, 15) is 24.3 Å². The Morgan fingerprint density at radius 2 is 1.45 bits per heavy atom. The highest BCUT2D eigenvalue weighted by molar-refractivity contribution is 5.89. The van der Waals surface area contributed by atoms with E-state index in [1.54, 1.807) is 48.5 Å². The van der Waals surface area contributed by atoms with Crippen LogP contribution in [-0.4, -0.2) is 41.1 Å². The second-order valence-corrected chi connectivity index (χ2v) is 6.85. The zero-order valence-corrected chi connectivity index (χ0v) is 16.8. The fourth-order valence-corrected chi connectivity index (χ4v) is 2.78. The average Bonchev–Trinajstić information content (AvgIpc) is 2.75. The summed E-state index contributed by atoms with van der Waals surface area (Å²) in [6, 6.07) is 15.6. The van der Waals surface area contributed by atoms with Gasteiger partial charge in [0.25, 0.3) is 0 Å². The van der Waals surface area contributed by atoms with Crippen molar-refractivity contribution in [3.8, 4) is 0 Å². The molecule has 2 aromatic carbocycles. The summed E-state index contributed by atoms with van der Waals surface area (Å²) in [5, 5.41) is 14.2. The second-order valence-electron chi connectivity index (χ2n) is 6.85. The molecule has 5 N–H and O–H groups in total. The number of nitrogens with one attached hydrogen (secondary N) is 2. The summed E-state index contributed by atoms with van der Waals surface area (Å²) in [7, 11) is 0. The average molecular weight is 427 g/mol. The molecule has 0 fully saturated rings. The Balaban J connectivity index is 2.05. The van der Waals surface area contributed by atoms with Crippen molar-refractivity contribution in [3.05, 3.63) is 71.8 Å². The molecule has 0 aliphatic heterocycles. The van der Waals surface area contributed by atoms with Crippen molar-refractivity contribution in [2.24, 2.45) is 5.73 Å². The molecular weight excluding hydrogens is 402 g/mol. The molecule has 164 valence electrons. The quantitative estimate of drug-likeness (QED) is 0.426. The highest BCUT2D eigenvalue weighted by Crippen LogP contribution is 2.07. The fraction of sp³-hybridized carbons (Fsp3) is 0.273. The molecule has 31 heavy (non-hydrogen) atoms. The Labute approximate surface area is 179 Å². The van der Waals surface area contributed by atoms with Crippen molar-refractivity contribution in [1.82, 2.24) is 10.6 Å². The zero-order chi connectivity index (χ0) is 22.6. The van der Waals surface area contributed by atoms with E-state index in [0.717, 1.165) is 11.1 Å². The Hall–Kier alpha value is -3.88. The Bertz CT molecular complexity index is 889. The van der Waals surface area contributed by atoms with Gasteiger partial charge in [-0.15, -0.1) is 0 Å². The van der Waals surface area contributed by atoms with Gasteiger partial charge < -0.3 is 26.2 Å². The monoisotopic (exact) mass is 427 g/mol. The fourth-order valence-electron chi connectivity index (χ4n) is 2.78. The number of carbonyl (C=O) groups is 4. The van der Waals surface area contributed by atoms with E-state index in [1.807, 2.05) is 12.1 Å². The van der Waals surface area contributed by atoms with E-state index in [2.05, 4.69) is 10.6 Å². The highest BCUT2D eigenvalue weighted by Gasteiger charge is 2.27. The van der Waals surface area contributed by atoms with Gasteiger partial charge in [0.2, 0.25) is 11.8 Å². The molecule has 0 spiro atoms. The van der Waals surface area contributed by atoms with Gasteiger partial charge in [-0.25, -0.2) is 9.59 Å². The number of ether oxygens (including phenoxy) is 1. The number of aliphatic carboxylic acids is 1. The maximum atomic E-state index is 12.8. The van der Waals surface area contributed by atoms with Crippen LogP contribution < -0.4 is 16.4 Å². The van der Waals surface area contributed by atoms with Crippen LogP contribution in [0, 0.1) is 0 Å². The van der Waals surface area contributed by atoms with Gasteiger partial charge in [0, 0.05) is 12.8 Å². The second kappa shape index (κ2) is 12.0. The molecule has 0 aliphatic rings. The van der Waals surface area contributed by atoms with Gasteiger partial charge in [-0.1, -0.05) is 60.7 Å².